The molecule has 9 nitrogen and oxygen atoms in total. The smallest absolute Gasteiger partial charge is 0.264 e. The highest BCUT2D eigenvalue weighted by atomic mass is 35.5. The van der Waals surface area contributed by atoms with Crippen molar-refractivity contribution < 1.29 is 22.7 Å². The average molecular weight is 630 g/mol. The van der Waals surface area contributed by atoms with Crippen LogP contribution in [-0.4, -0.2) is 45.9 Å². The Balaban J connectivity index is 1.58. The molecule has 220 valence electrons. The fraction of sp³-hybridized carbons (Fsp3) is 0.200. The molecule has 0 spiro atoms. The van der Waals surface area contributed by atoms with E-state index < -0.39 is 22.5 Å². The molecule has 0 aliphatic carbocycles. The van der Waals surface area contributed by atoms with Crippen molar-refractivity contribution in [1.82, 2.24) is 9.99 Å². The van der Waals surface area contributed by atoms with E-state index in [0.717, 1.165) is 32.5 Å². The quantitative estimate of drug-likeness (QED) is 0.170. The Bertz CT molecular complexity index is 1750. The van der Waals surface area contributed by atoms with Gasteiger partial charge >= 0.3 is 0 Å². The van der Waals surface area contributed by atoms with Gasteiger partial charge in [-0.1, -0.05) is 40.9 Å². The molecule has 0 radical (unpaired) electrons. The molecule has 0 fully saturated rings. The van der Waals surface area contributed by atoms with Gasteiger partial charge in [-0.25, -0.2) is 13.8 Å². The second-order valence-electron chi connectivity index (χ2n) is 9.42. The second kappa shape index (κ2) is 12.9. The van der Waals surface area contributed by atoms with Gasteiger partial charge in [0, 0.05) is 28.7 Å². The summed E-state index contributed by atoms with van der Waals surface area (Å²) in [5, 5.41) is 5.00. The largest absolute Gasteiger partial charge is 0.493 e. The molecule has 0 saturated heterocycles. The van der Waals surface area contributed by atoms with E-state index in [-0.39, 0.29) is 10.6 Å². The van der Waals surface area contributed by atoms with Crippen molar-refractivity contribution in [2.45, 2.75) is 25.7 Å². The number of methoxy groups -OCH3 is 2. The van der Waals surface area contributed by atoms with Gasteiger partial charge < -0.3 is 14.0 Å². The first-order chi connectivity index (χ1) is 20.0. The Hall–Kier alpha value is -3.99. The van der Waals surface area contributed by atoms with Crippen LogP contribution in [0.15, 0.2) is 76.7 Å². The zero-order valence-electron chi connectivity index (χ0n) is 23.7. The lowest BCUT2D eigenvalue weighted by Crippen LogP contribution is -2.39. The number of halogens is 2. The Morgan fingerprint density at radius 2 is 1.62 bits per heavy atom. The van der Waals surface area contributed by atoms with Crippen molar-refractivity contribution in [2.24, 2.45) is 5.10 Å². The second-order valence-corrected chi connectivity index (χ2v) is 12.1. The third kappa shape index (κ3) is 6.56. The molecular formula is C30H30Cl2N4O5S. The van der Waals surface area contributed by atoms with Crippen molar-refractivity contribution >= 4 is 51.0 Å². The van der Waals surface area contributed by atoms with E-state index in [1.165, 1.54) is 38.6 Å². The molecule has 0 aliphatic rings. The summed E-state index contributed by atoms with van der Waals surface area (Å²) < 4.78 is 41.1. The molecule has 4 rings (SSSR count). The average Bonchev–Trinajstić information content (AvgIpc) is 3.25. The molecule has 1 N–H and O–H groups in total. The molecule has 4 aromatic rings. The molecule has 12 heteroatoms. The number of carbonyl (C=O) groups is 1. The van der Waals surface area contributed by atoms with Crippen LogP contribution in [0.5, 0.6) is 11.5 Å². The number of hydrogen-bond donors (Lipinski definition) is 1. The van der Waals surface area contributed by atoms with Crippen molar-refractivity contribution in [1.29, 1.82) is 0 Å². The number of rotatable bonds is 10. The molecule has 1 aromatic heterocycles. The predicted octanol–water partition coefficient (Wildman–Crippen LogP) is 6.07. The van der Waals surface area contributed by atoms with Crippen molar-refractivity contribution in [3.05, 3.63) is 99.3 Å². The van der Waals surface area contributed by atoms with E-state index in [1.807, 2.05) is 37.5 Å². The van der Waals surface area contributed by atoms with Crippen LogP contribution in [0.4, 0.5) is 5.69 Å². The third-order valence-corrected chi connectivity index (χ3v) is 9.09. The van der Waals surface area contributed by atoms with E-state index >= 15 is 0 Å². The lowest BCUT2D eigenvalue weighted by molar-refractivity contribution is -0.119. The Kier molecular flexibility index (Phi) is 9.50. The summed E-state index contributed by atoms with van der Waals surface area (Å²) in [5.41, 5.74) is 7.08. The first-order valence-corrected chi connectivity index (χ1v) is 14.9. The van der Waals surface area contributed by atoms with E-state index in [0.29, 0.717) is 21.5 Å². The highest BCUT2D eigenvalue weighted by Gasteiger charge is 2.28. The summed E-state index contributed by atoms with van der Waals surface area (Å²) in [6.45, 7) is 5.22. The lowest BCUT2D eigenvalue weighted by Gasteiger charge is -2.24. The topological polar surface area (TPSA) is 102 Å². The SMILES string of the molecule is COc1ccc(S(=O)(=O)N(CC(=O)N/N=C/c2cc(C)n(-c3ccc(Cl)c(Cl)c3)c2C)c2ccc(C)cc2)cc1OC. The van der Waals surface area contributed by atoms with E-state index in [9.17, 15) is 13.2 Å². The molecule has 0 saturated carbocycles. The molecule has 1 amide bonds. The van der Waals surface area contributed by atoms with E-state index in [4.69, 9.17) is 32.7 Å². The highest BCUT2D eigenvalue weighted by molar-refractivity contribution is 7.92. The summed E-state index contributed by atoms with van der Waals surface area (Å²) in [5.74, 6) is -0.00643. The van der Waals surface area contributed by atoms with Gasteiger partial charge in [0.25, 0.3) is 15.9 Å². The fourth-order valence-corrected chi connectivity index (χ4v) is 6.14. The number of aryl methyl sites for hydroxylation is 2. The molecule has 1 heterocycles. The minimum Gasteiger partial charge on any atom is -0.493 e. The molecule has 0 unspecified atom stereocenters. The summed E-state index contributed by atoms with van der Waals surface area (Å²) in [4.78, 5) is 13.0. The number of ether oxygens (including phenoxy) is 2. The number of carbonyl (C=O) groups excluding carboxylic acids is 1. The van der Waals surface area contributed by atoms with Crippen LogP contribution < -0.4 is 19.2 Å². The molecule has 0 bridgehead atoms. The van der Waals surface area contributed by atoms with E-state index in [2.05, 4.69) is 10.5 Å². The Labute approximate surface area is 255 Å². The zero-order valence-corrected chi connectivity index (χ0v) is 26.0. The minimum atomic E-state index is -4.18. The van der Waals surface area contributed by atoms with Crippen LogP contribution in [0.1, 0.15) is 22.5 Å². The number of amides is 1. The number of sulfonamides is 1. The van der Waals surface area contributed by atoms with Gasteiger partial charge in [-0.15, -0.1) is 0 Å². The number of aromatic nitrogens is 1. The maximum atomic E-state index is 13.8. The van der Waals surface area contributed by atoms with E-state index in [1.54, 1.807) is 36.4 Å². The van der Waals surface area contributed by atoms with Gasteiger partial charge in [-0.3, -0.25) is 9.10 Å². The zero-order chi connectivity index (χ0) is 30.6. The van der Waals surface area contributed by atoms with Gasteiger partial charge in [0.2, 0.25) is 0 Å². The van der Waals surface area contributed by atoms with Crippen molar-refractivity contribution in [3.63, 3.8) is 0 Å². The maximum Gasteiger partial charge on any atom is 0.264 e. The third-order valence-electron chi connectivity index (χ3n) is 6.58. The number of nitrogens with one attached hydrogen (secondary N) is 1. The first kappa shape index (κ1) is 31.0. The molecule has 0 atom stereocenters. The molecule has 3 aromatic carbocycles. The van der Waals surface area contributed by atoms with Gasteiger partial charge in [-0.2, -0.15) is 5.10 Å². The molecule has 42 heavy (non-hydrogen) atoms. The monoisotopic (exact) mass is 628 g/mol. The summed E-state index contributed by atoms with van der Waals surface area (Å²) in [6, 6.07) is 18.3. The summed E-state index contributed by atoms with van der Waals surface area (Å²) in [6.07, 6.45) is 1.51. The maximum absolute atomic E-state index is 13.8. The predicted molar refractivity (Wildman–Crippen MR) is 166 cm³/mol. The first-order valence-electron chi connectivity index (χ1n) is 12.7. The van der Waals surface area contributed by atoms with Crippen LogP contribution in [0.3, 0.4) is 0 Å². The Morgan fingerprint density at radius 3 is 2.26 bits per heavy atom. The number of nitrogens with zero attached hydrogens (tertiary/aromatic N) is 3. The Morgan fingerprint density at radius 1 is 0.929 bits per heavy atom. The summed E-state index contributed by atoms with van der Waals surface area (Å²) in [7, 11) is -1.31. The minimum absolute atomic E-state index is 0.0632. The number of benzene rings is 3. The van der Waals surface area contributed by atoms with Gasteiger partial charge in [0.15, 0.2) is 11.5 Å². The van der Waals surface area contributed by atoms with Crippen molar-refractivity contribution in [2.75, 3.05) is 25.1 Å². The lowest BCUT2D eigenvalue weighted by atomic mass is 10.2. The standard InChI is InChI=1S/C30H30Cl2N4O5S/c1-19-6-8-23(9-7-19)35(42(38,39)25-11-13-28(40-4)29(16-25)41-5)18-30(37)34-33-17-22-14-20(2)36(21(22)3)24-10-12-26(31)27(32)15-24/h6-17H,18H2,1-5H3,(H,34,37)/b33-17+. The van der Waals surface area contributed by atoms with Crippen LogP contribution in [0, 0.1) is 20.8 Å². The molecule has 0 aliphatic heterocycles. The number of anilines is 1. The number of hydrazone groups is 1. The van der Waals surface area contributed by atoms with Crippen molar-refractivity contribution in [3.8, 4) is 17.2 Å². The molecular weight excluding hydrogens is 599 g/mol. The van der Waals surface area contributed by atoms with Crippen LogP contribution in [-0.2, 0) is 14.8 Å². The van der Waals surface area contributed by atoms with Gasteiger partial charge in [0.05, 0.1) is 41.1 Å². The highest BCUT2D eigenvalue weighted by Crippen LogP contribution is 2.32. The van der Waals surface area contributed by atoms with Gasteiger partial charge in [-0.05, 0) is 69.3 Å². The fourth-order valence-electron chi connectivity index (χ4n) is 4.41. The summed E-state index contributed by atoms with van der Waals surface area (Å²) >= 11 is 12.3. The van der Waals surface area contributed by atoms with Crippen LogP contribution >= 0.6 is 23.2 Å². The van der Waals surface area contributed by atoms with Gasteiger partial charge in [0.1, 0.15) is 6.54 Å². The number of hydrogen-bond acceptors (Lipinski definition) is 6. The van der Waals surface area contributed by atoms with Crippen LogP contribution in [0.2, 0.25) is 10.0 Å². The van der Waals surface area contributed by atoms with Crippen LogP contribution in [0.25, 0.3) is 5.69 Å². The normalized spacial score (nSPS) is 11.5.